The summed E-state index contributed by atoms with van der Waals surface area (Å²) in [5.41, 5.74) is 5.95. The highest BCUT2D eigenvalue weighted by Gasteiger charge is 2.47. The SMILES string of the molecule is COc1ccc(CC(=O)c2cc(-c3ccn[nH]3)c3c(c2)C2CC(NC(C)=O)CC2N3C(C)C)cc1. The Labute approximate surface area is 205 Å². The van der Waals surface area contributed by atoms with E-state index in [1.807, 2.05) is 36.4 Å². The molecule has 1 saturated carbocycles. The third-order valence-electron chi connectivity index (χ3n) is 7.28. The standard InChI is InChI=1S/C28H32N4O3/c1-16(2)32-26-15-20(30-17(3)33)14-22(26)23-12-19(13-24(28(23)32)25-9-10-29-31-25)27(34)11-18-5-7-21(35-4)8-6-18/h5-10,12-13,16,20,22,26H,11,14-15H2,1-4H3,(H,29,31)(H,30,33). The molecule has 2 aliphatic rings. The minimum atomic E-state index is 0.00728. The van der Waals surface area contributed by atoms with Gasteiger partial charge in [-0.2, -0.15) is 5.10 Å². The molecule has 1 amide bonds. The van der Waals surface area contributed by atoms with Gasteiger partial charge in [-0.3, -0.25) is 14.7 Å². The Balaban J connectivity index is 1.56. The van der Waals surface area contributed by atoms with Crippen LogP contribution in [-0.4, -0.2) is 47.1 Å². The molecule has 3 atom stereocenters. The van der Waals surface area contributed by atoms with E-state index < -0.39 is 0 Å². The van der Waals surface area contributed by atoms with Gasteiger partial charge in [0.05, 0.1) is 18.5 Å². The quantitative estimate of drug-likeness (QED) is 0.495. The summed E-state index contributed by atoms with van der Waals surface area (Å²) in [6.07, 6.45) is 3.84. The number of ether oxygens (including phenoxy) is 1. The van der Waals surface area contributed by atoms with Crippen LogP contribution in [0.25, 0.3) is 11.3 Å². The Kier molecular flexibility index (Phi) is 6.09. The van der Waals surface area contributed by atoms with Gasteiger partial charge in [-0.1, -0.05) is 12.1 Å². The van der Waals surface area contributed by atoms with Crippen molar-refractivity contribution in [2.24, 2.45) is 0 Å². The second-order valence-corrected chi connectivity index (χ2v) is 9.92. The second-order valence-electron chi connectivity index (χ2n) is 9.92. The van der Waals surface area contributed by atoms with Gasteiger partial charge in [0.15, 0.2) is 5.78 Å². The largest absolute Gasteiger partial charge is 0.497 e. The first-order chi connectivity index (χ1) is 16.9. The summed E-state index contributed by atoms with van der Waals surface area (Å²) in [6.45, 7) is 5.99. The monoisotopic (exact) mass is 472 g/mol. The summed E-state index contributed by atoms with van der Waals surface area (Å²) in [5, 5.41) is 10.4. The first-order valence-corrected chi connectivity index (χ1v) is 12.2. The molecule has 3 unspecified atom stereocenters. The predicted octanol–water partition coefficient (Wildman–Crippen LogP) is 4.49. The lowest BCUT2D eigenvalue weighted by atomic mass is 9.90. The number of nitrogens with zero attached hydrogens (tertiary/aromatic N) is 2. The van der Waals surface area contributed by atoms with Crippen molar-refractivity contribution in [1.29, 1.82) is 0 Å². The van der Waals surface area contributed by atoms with Gasteiger partial charge in [-0.05, 0) is 68.1 Å². The van der Waals surface area contributed by atoms with Crippen LogP contribution in [0, 0.1) is 0 Å². The Morgan fingerprint density at radius 3 is 2.57 bits per heavy atom. The molecule has 5 rings (SSSR count). The zero-order chi connectivity index (χ0) is 24.7. The molecule has 1 fully saturated rings. The van der Waals surface area contributed by atoms with Crippen LogP contribution in [0.1, 0.15) is 61.0 Å². The lowest BCUT2D eigenvalue weighted by Gasteiger charge is -2.33. The number of aromatic nitrogens is 2. The highest BCUT2D eigenvalue weighted by atomic mass is 16.5. The summed E-state index contributed by atoms with van der Waals surface area (Å²) in [5.74, 6) is 1.12. The lowest BCUT2D eigenvalue weighted by molar-refractivity contribution is -0.119. The molecule has 7 heteroatoms. The molecule has 1 aliphatic carbocycles. The number of Topliss-reactive ketones (excluding diaryl/α,β-unsaturated/α-hetero) is 1. The van der Waals surface area contributed by atoms with Crippen molar-refractivity contribution in [2.75, 3.05) is 12.0 Å². The molecule has 0 bridgehead atoms. The fraction of sp³-hybridized carbons (Fsp3) is 0.393. The summed E-state index contributed by atoms with van der Waals surface area (Å²) in [6, 6.07) is 14.4. The van der Waals surface area contributed by atoms with Gasteiger partial charge in [0.25, 0.3) is 0 Å². The average Bonchev–Trinajstić information content (AvgIpc) is 3.55. The molecule has 2 aromatic carbocycles. The van der Waals surface area contributed by atoms with E-state index in [0.29, 0.717) is 12.0 Å². The van der Waals surface area contributed by atoms with Crippen molar-refractivity contribution in [1.82, 2.24) is 15.5 Å². The second kappa shape index (κ2) is 9.21. The molecule has 7 nitrogen and oxygen atoms in total. The number of benzene rings is 2. The molecule has 0 spiro atoms. The van der Waals surface area contributed by atoms with Crippen molar-refractivity contribution in [3.63, 3.8) is 0 Å². The maximum Gasteiger partial charge on any atom is 0.217 e. The van der Waals surface area contributed by atoms with Crippen molar-refractivity contribution < 1.29 is 14.3 Å². The number of carbonyl (C=O) groups is 2. The number of nitrogens with one attached hydrogen (secondary N) is 2. The summed E-state index contributed by atoms with van der Waals surface area (Å²) in [7, 11) is 1.63. The molecule has 2 N–H and O–H groups in total. The third kappa shape index (κ3) is 4.31. The van der Waals surface area contributed by atoms with E-state index in [1.54, 1.807) is 20.2 Å². The predicted molar refractivity (Wildman–Crippen MR) is 136 cm³/mol. The Morgan fingerprint density at radius 1 is 1.17 bits per heavy atom. The summed E-state index contributed by atoms with van der Waals surface area (Å²) < 4.78 is 5.24. The van der Waals surface area contributed by atoms with Crippen molar-refractivity contribution in [2.45, 2.75) is 64.1 Å². The van der Waals surface area contributed by atoms with E-state index in [2.05, 4.69) is 40.3 Å². The van der Waals surface area contributed by atoms with Gasteiger partial charge in [0, 0.05) is 54.7 Å². The fourth-order valence-electron chi connectivity index (χ4n) is 5.90. The van der Waals surface area contributed by atoms with Crippen LogP contribution in [0.4, 0.5) is 5.69 Å². The highest BCUT2D eigenvalue weighted by Crippen LogP contribution is 2.53. The van der Waals surface area contributed by atoms with Gasteiger partial charge < -0.3 is 15.0 Å². The van der Waals surface area contributed by atoms with Crippen LogP contribution < -0.4 is 15.0 Å². The van der Waals surface area contributed by atoms with Crippen LogP contribution in [0.5, 0.6) is 5.75 Å². The van der Waals surface area contributed by atoms with E-state index in [-0.39, 0.29) is 35.7 Å². The molecular formula is C28H32N4O3. The molecule has 35 heavy (non-hydrogen) atoms. The van der Waals surface area contributed by atoms with Gasteiger partial charge >= 0.3 is 0 Å². The van der Waals surface area contributed by atoms with E-state index in [1.165, 1.54) is 11.3 Å². The van der Waals surface area contributed by atoms with E-state index >= 15 is 0 Å². The molecule has 3 aromatic rings. The number of rotatable bonds is 7. The number of methoxy groups -OCH3 is 1. The number of fused-ring (bicyclic) bond motifs is 3. The zero-order valence-corrected chi connectivity index (χ0v) is 20.7. The number of ketones is 1. The van der Waals surface area contributed by atoms with Crippen LogP contribution in [0.2, 0.25) is 0 Å². The first-order valence-electron chi connectivity index (χ1n) is 12.2. The molecule has 182 valence electrons. The van der Waals surface area contributed by atoms with Gasteiger partial charge in [0.2, 0.25) is 5.91 Å². The van der Waals surface area contributed by atoms with Crippen molar-refractivity contribution in [3.8, 4) is 17.0 Å². The Hall–Kier alpha value is -3.61. The smallest absolute Gasteiger partial charge is 0.217 e. The van der Waals surface area contributed by atoms with Gasteiger partial charge in [-0.25, -0.2) is 0 Å². The Morgan fingerprint density at radius 2 is 1.94 bits per heavy atom. The Bertz CT molecular complexity index is 1230. The number of hydrogen-bond acceptors (Lipinski definition) is 5. The normalized spacial score (nSPS) is 20.6. The molecule has 1 aromatic heterocycles. The van der Waals surface area contributed by atoms with E-state index in [0.717, 1.165) is 35.4 Å². The maximum absolute atomic E-state index is 13.5. The minimum absolute atomic E-state index is 0.00728. The zero-order valence-electron chi connectivity index (χ0n) is 20.7. The molecule has 0 radical (unpaired) electrons. The summed E-state index contributed by atoms with van der Waals surface area (Å²) in [4.78, 5) is 27.7. The number of H-pyrrole nitrogens is 1. The van der Waals surface area contributed by atoms with Crippen LogP contribution >= 0.6 is 0 Å². The van der Waals surface area contributed by atoms with Gasteiger partial charge in [0.1, 0.15) is 5.75 Å². The highest BCUT2D eigenvalue weighted by molar-refractivity contribution is 6.01. The van der Waals surface area contributed by atoms with Crippen LogP contribution in [-0.2, 0) is 11.2 Å². The third-order valence-corrected chi connectivity index (χ3v) is 7.28. The maximum atomic E-state index is 13.5. The fourth-order valence-corrected chi connectivity index (χ4v) is 5.90. The number of aromatic amines is 1. The van der Waals surface area contributed by atoms with Crippen molar-refractivity contribution in [3.05, 3.63) is 65.4 Å². The first kappa shape index (κ1) is 23.1. The summed E-state index contributed by atoms with van der Waals surface area (Å²) >= 11 is 0. The topological polar surface area (TPSA) is 87.3 Å². The van der Waals surface area contributed by atoms with Crippen LogP contribution in [0.15, 0.2) is 48.7 Å². The molecule has 2 heterocycles. The number of carbonyl (C=O) groups excluding carboxylic acids is 2. The van der Waals surface area contributed by atoms with E-state index in [9.17, 15) is 9.59 Å². The minimum Gasteiger partial charge on any atom is -0.497 e. The van der Waals surface area contributed by atoms with Crippen LogP contribution in [0.3, 0.4) is 0 Å². The van der Waals surface area contributed by atoms with Crippen molar-refractivity contribution >= 4 is 17.4 Å². The molecule has 1 aliphatic heterocycles. The number of hydrogen-bond donors (Lipinski definition) is 2. The van der Waals surface area contributed by atoms with E-state index in [4.69, 9.17) is 4.74 Å². The number of anilines is 1. The average molecular weight is 473 g/mol. The molecular weight excluding hydrogens is 440 g/mol. The lowest BCUT2D eigenvalue weighted by Crippen LogP contribution is -2.39. The number of amides is 1. The molecule has 0 saturated heterocycles. The van der Waals surface area contributed by atoms with Gasteiger partial charge in [-0.15, -0.1) is 0 Å².